The SMILES string of the molecule is COc1cc(F)c([N+](=O)[O-])cc1NN=C(C#N)C#N. The summed E-state index contributed by atoms with van der Waals surface area (Å²) < 4.78 is 18.1. The molecule has 0 amide bonds. The van der Waals surface area contributed by atoms with E-state index in [0.29, 0.717) is 0 Å². The molecule has 0 heterocycles. The summed E-state index contributed by atoms with van der Waals surface area (Å²) >= 11 is 0. The summed E-state index contributed by atoms with van der Waals surface area (Å²) in [5.41, 5.74) is 0.917. The van der Waals surface area contributed by atoms with Crippen LogP contribution in [0.15, 0.2) is 17.2 Å². The van der Waals surface area contributed by atoms with Gasteiger partial charge in [-0.05, 0) is 0 Å². The lowest BCUT2D eigenvalue weighted by Gasteiger charge is -2.07. The molecule has 0 atom stereocenters. The number of halogens is 1. The van der Waals surface area contributed by atoms with E-state index in [4.69, 9.17) is 15.3 Å². The Balaban J connectivity index is 3.23. The molecule has 0 aromatic heterocycles. The fraction of sp³-hybridized carbons (Fsp3) is 0.100. The Kier molecular flexibility index (Phi) is 4.33. The van der Waals surface area contributed by atoms with Crippen molar-refractivity contribution in [3.05, 3.63) is 28.1 Å². The number of nitriles is 2. The molecule has 0 saturated heterocycles. The van der Waals surface area contributed by atoms with E-state index >= 15 is 0 Å². The topological polar surface area (TPSA) is 124 Å². The van der Waals surface area contributed by atoms with Crippen LogP contribution in [0.25, 0.3) is 0 Å². The fourth-order valence-corrected chi connectivity index (χ4v) is 1.13. The summed E-state index contributed by atoms with van der Waals surface area (Å²) in [4.78, 5) is 9.66. The monoisotopic (exact) mass is 263 g/mol. The lowest BCUT2D eigenvalue weighted by atomic mass is 10.2. The van der Waals surface area contributed by atoms with Crippen molar-refractivity contribution in [1.82, 2.24) is 0 Å². The Morgan fingerprint density at radius 2 is 2.16 bits per heavy atom. The van der Waals surface area contributed by atoms with Crippen LogP contribution in [0, 0.1) is 38.6 Å². The van der Waals surface area contributed by atoms with Crippen LogP contribution in [-0.4, -0.2) is 17.7 Å². The standard InChI is InChI=1S/C10H6FN5O3/c1-19-10-2-7(11)9(16(17)18)3-8(10)15-14-6(4-12)5-13/h2-3,15H,1H3. The van der Waals surface area contributed by atoms with E-state index < -0.39 is 22.1 Å². The predicted octanol–water partition coefficient (Wildman–Crippen LogP) is 1.56. The molecule has 0 aliphatic rings. The van der Waals surface area contributed by atoms with Gasteiger partial charge in [-0.3, -0.25) is 15.5 Å². The molecule has 0 fully saturated rings. The summed E-state index contributed by atoms with van der Waals surface area (Å²) in [6.07, 6.45) is 0. The van der Waals surface area contributed by atoms with Gasteiger partial charge in [0.15, 0.2) is 0 Å². The minimum Gasteiger partial charge on any atom is -0.494 e. The van der Waals surface area contributed by atoms with Crippen molar-refractivity contribution < 1.29 is 14.1 Å². The highest BCUT2D eigenvalue weighted by molar-refractivity contribution is 6.10. The number of nitro benzene ring substituents is 1. The summed E-state index contributed by atoms with van der Waals surface area (Å²) in [5, 5.41) is 30.9. The van der Waals surface area contributed by atoms with Gasteiger partial charge in [-0.25, -0.2) is 0 Å². The molecule has 9 heteroatoms. The number of hydrogen-bond acceptors (Lipinski definition) is 7. The van der Waals surface area contributed by atoms with Gasteiger partial charge in [-0.15, -0.1) is 0 Å². The number of anilines is 1. The van der Waals surface area contributed by atoms with Gasteiger partial charge in [0.05, 0.1) is 12.0 Å². The molecule has 0 saturated carbocycles. The molecule has 96 valence electrons. The van der Waals surface area contributed by atoms with Gasteiger partial charge >= 0.3 is 5.69 Å². The molecule has 19 heavy (non-hydrogen) atoms. The average Bonchev–Trinajstić information content (AvgIpc) is 2.40. The number of nitrogens with zero attached hydrogens (tertiary/aromatic N) is 4. The third kappa shape index (κ3) is 3.14. The Labute approximate surface area is 106 Å². The van der Waals surface area contributed by atoms with Crippen molar-refractivity contribution in [3.63, 3.8) is 0 Å². The molecule has 0 aliphatic heterocycles. The first-order valence-corrected chi connectivity index (χ1v) is 4.69. The number of nitrogens with one attached hydrogen (secondary N) is 1. The fourth-order valence-electron chi connectivity index (χ4n) is 1.13. The van der Waals surface area contributed by atoms with E-state index in [1.807, 2.05) is 0 Å². The van der Waals surface area contributed by atoms with Crippen LogP contribution in [-0.2, 0) is 0 Å². The van der Waals surface area contributed by atoms with Gasteiger partial charge in [0, 0.05) is 12.1 Å². The molecule has 8 nitrogen and oxygen atoms in total. The number of rotatable bonds is 4. The van der Waals surface area contributed by atoms with Crippen LogP contribution < -0.4 is 10.2 Å². The average molecular weight is 263 g/mol. The zero-order valence-electron chi connectivity index (χ0n) is 9.55. The molecule has 0 bridgehead atoms. The maximum Gasteiger partial charge on any atom is 0.307 e. The van der Waals surface area contributed by atoms with Crippen molar-refractivity contribution >= 4 is 17.1 Å². The predicted molar refractivity (Wildman–Crippen MR) is 61.9 cm³/mol. The highest BCUT2D eigenvalue weighted by atomic mass is 19.1. The molecular formula is C10H6FN5O3. The second-order valence-corrected chi connectivity index (χ2v) is 3.06. The van der Waals surface area contributed by atoms with Gasteiger partial charge in [0.2, 0.25) is 11.5 Å². The lowest BCUT2D eigenvalue weighted by molar-refractivity contribution is -0.387. The second-order valence-electron chi connectivity index (χ2n) is 3.06. The lowest BCUT2D eigenvalue weighted by Crippen LogP contribution is -2.01. The van der Waals surface area contributed by atoms with Gasteiger partial charge in [0.1, 0.15) is 23.6 Å². The van der Waals surface area contributed by atoms with Crippen molar-refractivity contribution in [2.24, 2.45) is 5.10 Å². The molecule has 0 aliphatic carbocycles. The maximum absolute atomic E-state index is 13.3. The minimum atomic E-state index is -1.07. The third-order valence-electron chi connectivity index (χ3n) is 1.97. The molecule has 1 aromatic carbocycles. The van der Waals surface area contributed by atoms with E-state index in [2.05, 4.69) is 10.5 Å². The van der Waals surface area contributed by atoms with Crippen LogP contribution in [0.1, 0.15) is 0 Å². The highest BCUT2D eigenvalue weighted by Crippen LogP contribution is 2.31. The number of benzene rings is 1. The summed E-state index contributed by atoms with van der Waals surface area (Å²) in [6, 6.07) is 4.62. The van der Waals surface area contributed by atoms with Gasteiger partial charge in [-0.2, -0.15) is 20.0 Å². The van der Waals surface area contributed by atoms with Crippen LogP contribution in [0.3, 0.4) is 0 Å². The van der Waals surface area contributed by atoms with Gasteiger partial charge < -0.3 is 4.74 Å². The first kappa shape index (κ1) is 13.9. The van der Waals surface area contributed by atoms with E-state index in [1.54, 1.807) is 0 Å². The first-order valence-electron chi connectivity index (χ1n) is 4.69. The number of ether oxygens (including phenoxy) is 1. The van der Waals surface area contributed by atoms with Gasteiger partial charge in [-0.1, -0.05) is 0 Å². The second kappa shape index (κ2) is 5.93. The molecule has 1 aromatic rings. The molecule has 0 radical (unpaired) electrons. The largest absolute Gasteiger partial charge is 0.494 e. The minimum absolute atomic E-state index is 0.0430. The van der Waals surface area contributed by atoms with E-state index in [-0.39, 0.29) is 11.4 Å². The first-order chi connectivity index (χ1) is 9.03. The van der Waals surface area contributed by atoms with E-state index in [0.717, 1.165) is 12.1 Å². The Hall–Kier alpha value is -3.20. The Bertz CT molecular complexity index is 613. The normalized spacial score (nSPS) is 8.84. The molecule has 0 spiro atoms. The molecular weight excluding hydrogens is 257 g/mol. The van der Waals surface area contributed by atoms with Crippen molar-refractivity contribution in [2.75, 3.05) is 12.5 Å². The van der Waals surface area contributed by atoms with Crippen LogP contribution >= 0.6 is 0 Å². The molecule has 1 N–H and O–H groups in total. The third-order valence-corrected chi connectivity index (χ3v) is 1.97. The summed E-state index contributed by atoms with van der Waals surface area (Å²) in [6.45, 7) is 0. The number of hydrazone groups is 1. The quantitative estimate of drug-likeness (QED) is 0.499. The van der Waals surface area contributed by atoms with Gasteiger partial charge in [0.25, 0.3) is 0 Å². The van der Waals surface area contributed by atoms with Crippen molar-refractivity contribution in [1.29, 1.82) is 10.5 Å². The number of hydrogen-bond donors (Lipinski definition) is 1. The van der Waals surface area contributed by atoms with Crippen LogP contribution in [0.5, 0.6) is 5.75 Å². The van der Waals surface area contributed by atoms with Crippen LogP contribution in [0.4, 0.5) is 15.8 Å². The van der Waals surface area contributed by atoms with E-state index in [1.165, 1.54) is 19.2 Å². The smallest absolute Gasteiger partial charge is 0.307 e. The maximum atomic E-state index is 13.3. The Morgan fingerprint density at radius 3 is 2.63 bits per heavy atom. The zero-order valence-corrected chi connectivity index (χ0v) is 9.55. The molecule has 1 rings (SSSR count). The Morgan fingerprint density at radius 1 is 1.53 bits per heavy atom. The number of methoxy groups -OCH3 is 1. The summed E-state index contributed by atoms with van der Waals surface area (Å²) in [7, 11) is 1.23. The molecule has 0 unspecified atom stereocenters. The summed E-state index contributed by atoms with van der Waals surface area (Å²) in [5.74, 6) is -1.13. The number of nitro groups is 1. The van der Waals surface area contributed by atoms with Crippen LogP contribution in [0.2, 0.25) is 0 Å². The van der Waals surface area contributed by atoms with E-state index in [9.17, 15) is 14.5 Å². The highest BCUT2D eigenvalue weighted by Gasteiger charge is 2.18. The van der Waals surface area contributed by atoms with Crippen molar-refractivity contribution in [2.45, 2.75) is 0 Å². The zero-order chi connectivity index (χ0) is 14.4. The van der Waals surface area contributed by atoms with Crippen molar-refractivity contribution in [3.8, 4) is 17.9 Å².